The number of ether oxygens (including phenoxy) is 2. The molecule has 2 aromatic carbocycles. The van der Waals surface area contributed by atoms with Crippen LogP contribution in [-0.4, -0.2) is 57.4 Å². The molecule has 0 fully saturated rings. The van der Waals surface area contributed by atoms with E-state index in [0.717, 1.165) is 16.2 Å². The number of methoxy groups -OCH3 is 2. The molecule has 2 N–H and O–H groups in total. The quantitative estimate of drug-likeness (QED) is 0.646. The molecule has 2 rings (SSSR count). The van der Waals surface area contributed by atoms with Crippen LogP contribution in [-0.2, 0) is 10.0 Å². The van der Waals surface area contributed by atoms with Crippen LogP contribution in [0.5, 0.6) is 11.5 Å². The molecule has 0 heterocycles. The van der Waals surface area contributed by atoms with Crippen LogP contribution in [0.3, 0.4) is 0 Å². The SMILES string of the molecule is COc1ccc(OC)c(S(=O)(=O)NC[C@@H](c2ccc(N(C)C)cc2)[NH+](C)C)c1. The average Bonchev–Trinajstić information content (AvgIpc) is 2.67. The van der Waals surface area contributed by atoms with Crippen LogP contribution in [0.15, 0.2) is 47.4 Å². The van der Waals surface area contributed by atoms with Gasteiger partial charge in [-0.25, -0.2) is 13.1 Å². The van der Waals surface area contributed by atoms with E-state index in [-0.39, 0.29) is 23.2 Å². The fraction of sp³-hybridized carbons (Fsp3) is 0.400. The van der Waals surface area contributed by atoms with E-state index in [9.17, 15) is 8.42 Å². The monoisotopic (exact) mass is 408 g/mol. The number of anilines is 1. The van der Waals surface area contributed by atoms with Gasteiger partial charge < -0.3 is 19.3 Å². The Morgan fingerprint density at radius 2 is 1.68 bits per heavy atom. The van der Waals surface area contributed by atoms with Crippen LogP contribution < -0.4 is 24.0 Å². The van der Waals surface area contributed by atoms with E-state index in [2.05, 4.69) is 4.72 Å². The fourth-order valence-corrected chi connectivity index (χ4v) is 4.15. The number of nitrogens with zero attached hydrogens (tertiary/aromatic N) is 1. The molecule has 28 heavy (non-hydrogen) atoms. The predicted molar refractivity (Wildman–Crippen MR) is 111 cm³/mol. The van der Waals surface area contributed by atoms with Crippen molar-refractivity contribution in [1.82, 2.24) is 4.72 Å². The van der Waals surface area contributed by atoms with Gasteiger partial charge in [0.1, 0.15) is 22.4 Å². The van der Waals surface area contributed by atoms with Crippen LogP contribution in [0.25, 0.3) is 0 Å². The number of benzene rings is 2. The summed E-state index contributed by atoms with van der Waals surface area (Å²) in [5, 5.41) is 0. The Morgan fingerprint density at radius 3 is 2.18 bits per heavy atom. The molecule has 0 radical (unpaired) electrons. The first-order valence-electron chi connectivity index (χ1n) is 8.98. The minimum Gasteiger partial charge on any atom is -0.497 e. The first-order valence-corrected chi connectivity index (χ1v) is 10.5. The molecule has 0 aliphatic carbocycles. The summed E-state index contributed by atoms with van der Waals surface area (Å²) in [6.07, 6.45) is 0. The van der Waals surface area contributed by atoms with E-state index >= 15 is 0 Å². The number of quaternary nitrogens is 1. The highest BCUT2D eigenvalue weighted by atomic mass is 32.2. The highest BCUT2D eigenvalue weighted by Crippen LogP contribution is 2.28. The molecule has 8 heteroatoms. The van der Waals surface area contributed by atoms with Gasteiger partial charge in [0.15, 0.2) is 0 Å². The van der Waals surface area contributed by atoms with Crippen molar-refractivity contribution >= 4 is 15.7 Å². The van der Waals surface area contributed by atoms with E-state index < -0.39 is 10.0 Å². The molecule has 0 saturated carbocycles. The second-order valence-electron chi connectivity index (χ2n) is 6.98. The van der Waals surface area contributed by atoms with Crippen molar-refractivity contribution in [1.29, 1.82) is 0 Å². The number of likely N-dealkylation sites (N-methyl/N-ethyl adjacent to an activating group) is 1. The topological polar surface area (TPSA) is 72.3 Å². The third-order valence-corrected chi connectivity index (χ3v) is 6.09. The molecule has 0 aromatic heterocycles. The molecule has 0 unspecified atom stereocenters. The Hall–Kier alpha value is -2.29. The maximum Gasteiger partial charge on any atom is 0.244 e. The van der Waals surface area contributed by atoms with Gasteiger partial charge in [-0.05, 0) is 24.3 Å². The van der Waals surface area contributed by atoms with Crippen molar-refractivity contribution in [3.05, 3.63) is 48.0 Å². The van der Waals surface area contributed by atoms with Crippen molar-refractivity contribution in [2.45, 2.75) is 10.9 Å². The van der Waals surface area contributed by atoms with Crippen LogP contribution in [0.4, 0.5) is 5.69 Å². The lowest BCUT2D eigenvalue weighted by Gasteiger charge is -2.23. The number of rotatable bonds is 9. The van der Waals surface area contributed by atoms with Gasteiger partial charge >= 0.3 is 0 Å². The molecule has 1 atom stereocenters. The first kappa shape index (κ1) is 22.0. The highest BCUT2D eigenvalue weighted by Gasteiger charge is 2.25. The molecular weight excluding hydrogens is 378 g/mol. The summed E-state index contributed by atoms with van der Waals surface area (Å²) >= 11 is 0. The van der Waals surface area contributed by atoms with Crippen LogP contribution in [0.2, 0.25) is 0 Å². The van der Waals surface area contributed by atoms with Crippen molar-refractivity contribution in [2.24, 2.45) is 0 Å². The standard InChI is InChI=1S/C20H29N3O4S/c1-22(2)16-9-7-15(8-10-16)18(23(3)4)14-21-28(24,25)20-13-17(26-5)11-12-19(20)27-6/h7-13,18,21H,14H2,1-6H3/p+1/t18-/m0/s1. The van der Waals surface area contributed by atoms with Crippen molar-refractivity contribution in [2.75, 3.05) is 53.9 Å². The first-order chi connectivity index (χ1) is 13.2. The van der Waals surface area contributed by atoms with Gasteiger partial charge in [0.2, 0.25) is 10.0 Å². The molecule has 2 aromatic rings. The minimum absolute atomic E-state index is 0.0393. The molecule has 0 spiro atoms. The Morgan fingerprint density at radius 1 is 1.04 bits per heavy atom. The molecule has 0 aliphatic rings. The average molecular weight is 409 g/mol. The summed E-state index contributed by atoms with van der Waals surface area (Å²) in [4.78, 5) is 3.21. The van der Waals surface area contributed by atoms with Crippen LogP contribution >= 0.6 is 0 Å². The second-order valence-corrected chi connectivity index (χ2v) is 8.72. The van der Waals surface area contributed by atoms with Crippen molar-refractivity contribution in [3.8, 4) is 11.5 Å². The summed E-state index contributed by atoms with van der Waals surface area (Å²) in [7, 11) is 7.15. The lowest BCUT2D eigenvalue weighted by Crippen LogP contribution is -3.07. The van der Waals surface area contributed by atoms with Gasteiger partial charge in [-0.15, -0.1) is 0 Å². The zero-order chi connectivity index (χ0) is 20.9. The molecule has 0 saturated heterocycles. The largest absolute Gasteiger partial charge is 0.497 e. The summed E-state index contributed by atoms with van der Waals surface area (Å²) in [5.41, 5.74) is 2.16. The Labute approximate surface area is 167 Å². The van der Waals surface area contributed by atoms with E-state index in [1.165, 1.54) is 20.3 Å². The molecular formula is C20H30N3O4S+. The molecule has 0 bridgehead atoms. The smallest absolute Gasteiger partial charge is 0.244 e. The summed E-state index contributed by atoms with van der Waals surface area (Å²) in [6.45, 7) is 0.256. The third-order valence-electron chi connectivity index (χ3n) is 4.65. The van der Waals surface area contributed by atoms with Gasteiger partial charge in [0.25, 0.3) is 0 Å². The second kappa shape index (κ2) is 9.27. The summed E-state index contributed by atoms with van der Waals surface area (Å²) in [5.74, 6) is 0.729. The molecule has 0 amide bonds. The molecule has 0 aliphatic heterocycles. The Bertz CT molecular complexity index is 881. The lowest BCUT2D eigenvalue weighted by atomic mass is 10.1. The highest BCUT2D eigenvalue weighted by molar-refractivity contribution is 7.89. The number of hydrogen-bond donors (Lipinski definition) is 2. The van der Waals surface area contributed by atoms with E-state index in [0.29, 0.717) is 5.75 Å². The van der Waals surface area contributed by atoms with E-state index in [4.69, 9.17) is 9.47 Å². The van der Waals surface area contributed by atoms with E-state index in [1.54, 1.807) is 12.1 Å². The Balaban J connectivity index is 2.25. The Kier molecular flexibility index (Phi) is 7.29. The van der Waals surface area contributed by atoms with Crippen LogP contribution in [0, 0.1) is 0 Å². The maximum atomic E-state index is 12.9. The normalized spacial score (nSPS) is 12.7. The van der Waals surface area contributed by atoms with Crippen molar-refractivity contribution < 1.29 is 22.8 Å². The van der Waals surface area contributed by atoms with E-state index in [1.807, 2.05) is 57.4 Å². The number of sulfonamides is 1. The molecule has 154 valence electrons. The van der Waals surface area contributed by atoms with Crippen LogP contribution in [0.1, 0.15) is 11.6 Å². The zero-order valence-corrected chi connectivity index (χ0v) is 18.1. The third kappa shape index (κ3) is 5.15. The zero-order valence-electron chi connectivity index (χ0n) is 17.3. The van der Waals surface area contributed by atoms with Gasteiger partial charge in [0, 0.05) is 31.4 Å². The molecule has 7 nitrogen and oxygen atoms in total. The van der Waals surface area contributed by atoms with Crippen molar-refractivity contribution in [3.63, 3.8) is 0 Å². The maximum absolute atomic E-state index is 12.9. The predicted octanol–water partition coefficient (Wildman–Crippen LogP) is 0.934. The van der Waals surface area contributed by atoms with Gasteiger partial charge in [-0.2, -0.15) is 0 Å². The van der Waals surface area contributed by atoms with Gasteiger partial charge in [-0.3, -0.25) is 0 Å². The number of nitrogens with one attached hydrogen (secondary N) is 2. The van der Waals surface area contributed by atoms with Gasteiger partial charge in [-0.1, -0.05) is 12.1 Å². The lowest BCUT2D eigenvalue weighted by molar-refractivity contribution is -0.890. The summed E-state index contributed by atoms with van der Waals surface area (Å²) < 4.78 is 38.9. The van der Waals surface area contributed by atoms with Gasteiger partial charge in [0.05, 0.1) is 34.9 Å². The minimum atomic E-state index is -3.77. The fourth-order valence-electron chi connectivity index (χ4n) is 2.92. The number of hydrogen-bond acceptors (Lipinski definition) is 5. The summed E-state index contributed by atoms with van der Waals surface area (Å²) in [6, 6.07) is 12.8.